The Bertz CT molecular complexity index is 953. The number of fused-ring (bicyclic) bond motifs is 5. The minimum Gasteiger partial charge on any atom is -0.726 e. The molecule has 4 fully saturated rings. The van der Waals surface area contributed by atoms with Crippen LogP contribution in [0.3, 0.4) is 0 Å². The van der Waals surface area contributed by atoms with Gasteiger partial charge in [-0.2, -0.15) is 0 Å². The molecular weight excluding hydrogens is 479 g/mol. The summed E-state index contributed by atoms with van der Waals surface area (Å²) in [6.45, 7) is 11.4. The second-order valence-corrected chi connectivity index (χ2v) is 13.8. The number of ether oxygens (including phenoxy) is 1. The Hall–Kier alpha value is 0.490. The number of epoxide rings is 1. The fraction of sp³-hybridized carbons (Fsp3) is 0.923. The first-order chi connectivity index (χ1) is 15.8. The molecule has 4 aliphatic carbocycles. The Morgan fingerprint density at radius 2 is 1.74 bits per heavy atom. The van der Waals surface area contributed by atoms with E-state index in [1.54, 1.807) is 0 Å². The summed E-state index contributed by atoms with van der Waals surface area (Å²) < 4.78 is 45.2. The van der Waals surface area contributed by atoms with Crippen molar-refractivity contribution in [3.63, 3.8) is 0 Å². The maximum absolute atomic E-state index is 11.4. The molecule has 1 saturated heterocycles. The van der Waals surface area contributed by atoms with Gasteiger partial charge in [-0.05, 0) is 84.9 Å². The molecule has 3 saturated carbocycles. The van der Waals surface area contributed by atoms with Crippen LogP contribution >= 0.6 is 0 Å². The number of aliphatic hydroxyl groups is 2. The molecule has 1 aliphatic heterocycles. The monoisotopic (exact) mass is 520 g/mol. The van der Waals surface area contributed by atoms with Crippen molar-refractivity contribution in [2.75, 3.05) is 0 Å². The molecule has 12 atom stereocenters. The van der Waals surface area contributed by atoms with Crippen LogP contribution in [0.2, 0.25) is 0 Å². The number of hydrogen-bond acceptors (Lipinski definition) is 7. The summed E-state index contributed by atoms with van der Waals surface area (Å²) in [5, 5.41) is 21.2. The summed E-state index contributed by atoms with van der Waals surface area (Å²) >= 11 is 0. The van der Waals surface area contributed by atoms with Crippen LogP contribution in [0.25, 0.3) is 0 Å². The zero-order chi connectivity index (χ0) is 24.8. The maximum atomic E-state index is 11.4. The van der Waals surface area contributed by atoms with Crippen LogP contribution in [0, 0.1) is 46.3 Å². The first kappa shape index (κ1) is 28.5. The van der Waals surface area contributed by atoms with Crippen molar-refractivity contribution in [3.8, 4) is 0 Å². The first-order valence-corrected chi connectivity index (χ1v) is 14.5. The van der Waals surface area contributed by atoms with Gasteiger partial charge < -0.3 is 19.5 Å². The van der Waals surface area contributed by atoms with E-state index in [0.717, 1.165) is 19.3 Å². The van der Waals surface area contributed by atoms with Crippen molar-refractivity contribution in [2.24, 2.45) is 46.3 Å². The number of rotatable bonds is 5. The summed E-state index contributed by atoms with van der Waals surface area (Å²) in [5.41, 5.74) is 1.23. The van der Waals surface area contributed by atoms with Crippen molar-refractivity contribution in [1.82, 2.24) is 0 Å². The molecule has 35 heavy (non-hydrogen) atoms. The molecule has 7 nitrogen and oxygen atoms in total. The van der Waals surface area contributed by atoms with Crippen molar-refractivity contribution >= 4 is 10.4 Å². The minimum atomic E-state index is -4.99. The van der Waals surface area contributed by atoms with Gasteiger partial charge in [0.25, 0.3) is 0 Å². The fourth-order valence-electron chi connectivity index (χ4n) is 9.10. The SMILES string of the molecule is CC(C)[C@@H]1O[C@H]1[C@@H](C)[C@H]1CCC2C3=CCC4[C@H](OS(=O)(=O)[O-])[C@@H](O)[C@H](O)C[C@]4(C)C3CC[C@@]21C.[Na+]. The minimum absolute atomic E-state index is 0. The molecule has 194 valence electrons. The van der Waals surface area contributed by atoms with Gasteiger partial charge in [0.15, 0.2) is 0 Å². The molecule has 2 N–H and O–H groups in total. The largest absolute Gasteiger partial charge is 1.00 e. The summed E-state index contributed by atoms with van der Waals surface area (Å²) in [5.74, 6) is 2.03. The first-order valence-electron chi connectivity index (χ1n) is 13.1. The van der Waals surface area contributed by atoms with Crippen LogP contribution < -0.4 is 29.6 Å². The van der Waals surface area contributed by atoms with Gasteiger partial charge in [0.1, 0.15) is 12.2 Å². The molecule has 3 unspecified atom stereocenters. The third kappa shape index (κ3) is 4.65. The number of hydrogen-bond donors (Lipinski definition) is 2. The quantitative estimate of drug-likeness (QED) is 0.177. The molecular formula is C26H41NaO7S. The van der Waals surface area contributed by atoms with E-state index in [0.29, 0.717) is 48.7 Å². The third-order valence-electron chi connectivity index (χ3n) is 10.8. The Morgan fingerprint density at radius 3 is 2.34 bits per heavy atom. The molecule has 5 rings (SSSR count). The molecule has 1 heterocycles. The van der Waals surface area contributed by atoms with E-state index >= 15 is 0 Å². The predicted octanol–water partition coefficient (Wildman–Crippen LogP) is 0.416. The average molecular weight is 521 g/mol. The van der Waals surface area contributed by atoms with Crippen LogP contribution in [0.4, 0.5) is 0 Å². The molecule has 5 aliphatic rings. The zero-order valence-electron chi connectivity index (χ0n) is 22.0. The van der Waals surface area contributed by atoms with Crippen LogP contribution in [-0.2, 0) is 19.3 Å². The molecule has 0 amide bonds. The third-order valence-corrected chi connectivity index (χ3v) is 11.3. The second-order valence-electron chi connectivity index (χ2n) is 12.8. The molecule has 0 radical (unpaired) electrons. The van der Waals surface area contributed by atoms with Gasteiger partial charge >= 0.3 is 29.6 Å². The van der Waals surface area contributed by atoms with Crippen LogP contribution in [0.5, 0.6) is 0 Å². The normalized spacial score (nSPS) is 49.9. The summed E-state index contributed by atoms with van der Waals surface area (Å²) in [4.78, 5) is 0. The molecule has 0 spiro atoms. The van der Waals surface area contributed by atoms with Crippen molar-refractivity contribution in [3.05, 3.63) is 11.6 Å². The van der Waals surface area contributed by atoms with Gasteiger partial charge in [-0.1, -0.05) is 46.3 Å². The molecule has 0 aromatic rings. The van der Waals surface area contributed by atoms with E-state index in [1.807, 2.05) is 0 Å². The van der Waals surface area contributed by atoms with E-state index in [-0.39, 0.29) is 46.8 Å². The van der Waals surface area contributed by atoms with Crippen molar-refractivity contribution in [2.45, 2.75) is 104 Å². The van der Waals surface area contributed by atoms with Crippen LogP contribution in [0.15, 0.2) is 11.6 Å². The van der Waals surface area contributed by atoms with Gasteiger partial charge in [-0.25, -0.2) is 8.42 Å². The topological polar surface area (TPSA) is 119 Å². The Kier molecular flexibility index (Phi) is 7.81. The molecule has 0 aromatic heterocycles. The van der Waals surface area contributed by atoms with Gasteiger partial charge in [0.2, 0.25) is 10.4 Å². The molecule has 9 heteroatoms. The summed E-state index contributed by atoms with van der Waals surface area (Å²) in [6.07, 6.45) is 4.63. The number of allylic oxidation sites excluding steroid dienone is 2. The van der Waals surface area contributed by atoms with Crippen LogP contribution in [0.1, 0.15) is 73.1 Å². The predicted molar refractivity (Wildman–Crippen MR) is 125 cm³/mol. The maximum Gasteiger partial charge on any atom is 1.00 e. The zero-order valence-corrected chi connectivity index (χ0v) is 24.8. The van der Waals surface area contributed by atoms with E-state index in [9.17, 15) is 23.2 Å². The Balaban J connectivity index is 0.00000289. The number of aliphatic hydroxyl groups excluding tert-OH is 2. The van der Waals surface area contributed by atoms with E-state index in [4.69, 9.17) is 8.92 Å². The van der Waals surface area contributed by atoms with Gasteiger partial charge in [-0.3, -0.25) is 4.18 Å². The molecule has 0 bridgehead atoms. The van der Waals surface area contributed by atoms with Gasteiger partial charge in [0.05, 0.1) is 18.3 Å². The van der Waals surface area contributed by atoms with E-state index < -0.39 is 34.1 Å². The summed E-state index contributed by atoms with van der Waals surface area (Å²) in [6, 6.07) is 0. The van der Waals surface area contributed by atoms with E-state index in [1.165, 1.54) is 12.0 Å². The Morgan fingerprint density at radius 1 is 1.09 bits per heavy atom. The standard InChI is InChI=1S/C26H42O7S.Na/c1-13(2)22-23(32-22)14(3)16-8-9-17-15-6-7-19-24(33-34(29,30)31)21(28)20(27)12-26(19,5)18(15)10-11-25(16,17)4;/h6,13-14,16-24,27-28H,7-12H2,1-5H3,(H,29,30,31);/q;+1/p-1/t14-,16+,17?,18?,19?,20+,21-,22-,23-,24-,25+,26+;/m0./s1. The summed E-state index contributed by atoms with van der Waals surface area (Å²) in [7, 11) is -4.99. The van der Waals surface area contributed by atoms with Gasteiger partial charge in [0, 0.05) is 0 Å². The molecule has 0 aromatic carbocycles. The van der Waals surface area contributed by atoms with Crippen LogP contribution in [-0.4, -0.2) is 53.7 Å². The average Bonchev–Trinajstić information content (AvgIpc) is 3.46. The second kappa shape index (κ2) is 9.60. The van der Waals surface area contributed by atoms with E-state index in [2.05, 4.69) is 40.7 Å². The smallest absolute Gasteiger partial charge is 0.726 e. The van der Waals surface area contributed by atoms with Crippen molar-refractivity contribution in [1.29, 1.82) is 0 Å². The fourth-order valence-corrected chi connectivity index (χ4v) is 9.62. The Labute approximate surface area is 232 Å². The van der Waals surface area contributed by atoms with Gasteiger partial charge in [-0.15, -0.1) is 0 Å². The van der Waals surface area contributed by atoms with Crippen molar-refractivity contribution < 1.29 is 61.7 Å².